The summed E-state index contributed by atoms with van der Waals surface area (Å²) >= 11 is 0. The molecule has 4 nitrogen and oxygen atoms in total. The Morgan fingerprint density at radius 3 is 2.36 bits per heavy atom. The molecule has 114 valence electrons. The molecule has 0 unspecified atom stereocenters. The molecule has 0 spiro atoms. The van der Waals surface area contributed by atoms with Crippen molar-refractivity contribution >= 4 is 34.9 Å². The van der Waals surface area contributed by atoms with E-state index in [-0.39, 0.29) is 46.1 Å². The number of benzene rings is 1. The monoisotopic (exact) mass is 326 g/mol. The van der Waals surface area contributed by atoms with Gasteiger partial charge in [-0.2, -0.15) is 0 Å². The molecule has 1 aromatic carbocycles. The Balaban J connectivity index is 0.00000176. The second kappa shape index (κ2) is 5.69. The lowest BCUT2D eigenvalue weighted by Crippen LogP contribution is -2.01. The summed E-state index contributed by atoms with van der Waals surface area (Å²) in [6.07, 6.45) is 0.881. The number of aromatic nitrogens is 2. The number of anilines is 2. The second-order valence-corrected chi connectivity index (χ2v) is 4.43. The quantitative estimate of drug-likeness (QED) is 0.719. The third-order valence-corrected chi connectivity index (χ3v) is 3.06. The summed E-state index contributed by atoms with van der Waals surface area (Å²) in [7, 11) is 0. The van der Waals surface area contributed by atoms with E-state index in [1.54, 1.807) is 0 Å². The topological polar surface area (TPSA) is 77.8 Å². The van der Waals surface area contributed by atoms with Crippen LogP contribution in [0.5, 0.6) is 0 Å². The standard InChI is InChI=1S/C14H9F3N4.ClH/c15-6-3-8-9(16)4-10(17)12(13(8)20-5-6)7-1-2-11(18)21-14(7)19;/h1-5H,(H4,18,19,21);1H. The van der Waals surface area contributed by atoms with Gasteiger partial charge in [0.2, 0.25) is 0 Å². The molecular weight excluding hydrogens is 317 g/mol. The molecule has 0 amide bonds. The zero-order valence-electron chi connectivity index (χ0n) is 11.0. The van der Waals surface area contributed by atoms with Crippen molar-refractivity contribution in [2.75, 3.05) is 11.5 Å². The summed E-state index contributed by atoms with van der Waals surface area (Å²) in [4.78, 5) is 7.60. The van der Waals surface area contributed by atoms with Crippen molar-refractivity contribution in [3.05, 3.63) is 47.9 Å². The average Bonchev–Trinajstić information content (AvgIpc) is 2.41. The SMILES string of the molecule is Cl.Nc1ccc(-c2c(F)cc(F)c3cc(F)cnc23)c(N)n1. The third-order valence-electron chi connectivity index (χ3n) is 3.06. The van der Waals surface area contributed by atoms with Gasteiger partial charge in [-0.3, -0.25) is 4.98 Å². The smallest absolute Gasteiger partial charge is 0.142 e. The van der Waals surface area contributed by atoms with Crippen molar-refractivity contribution < 1.29 is 13.2 Å². The van der Waals surface area contributed by atoms with E-state index in [2.05, 4.69) is 9.97 Å². The fourth-order valence-corrected chi connectivity index (χ4v) is 2.15. The van der Waals surface area contributed by atoms with Gasteiger partial charge in [-0.15, -0.1) is 12.4 Å². The largest absolute Gasteiger partial charge is 0.384 e. The molecule has 3 aromatic rings. The summed E-state index contributed by atoms with van der Waals surface area (Å²) in [6.45, 7) is 0. The van der Waals surface area contributed by atoms with Gasteiger partial charge < -0.3 is 11.5 Å². The Morgan fingerprint density at radius 2 is 1.68 bits per heavy atom. The number of hydrogen-bond donors (Lipinski definition) is 2. The van der Waals surface area contributed by atoms with Crippen LogP contribution in [0.25, 0.3) is 22.0 Å². The van der Waals surface area contributed by atoms with Crippen molar-refractivity contribution in [2.24, 2.45) is 0 Å². The highest BCUT2D eigenvalue weighted by atomic mass is 35.5. The van der Waals surface area contributed by atoms with Crippen LogP contribution in [0.2, 0.25) is 0 Å². The van der Waals surface area contributed by atoms with Gasteiger partial charge in [-0.05, 0) is 18.2 Å². The molecule has 0 aliphatic heterocycles. The fourth-order valence-electron chi connectivity index (χ4n) is 2.15. The Hall–Kier alpha value is -2.54. The Bertz CT molecular complexity index is 870. The van der Waals surface area contributed by atoms with E-state index >= 15 is 0 Å². The first-order valence-corrected chi connectivity index (χ1v) is 5.93. The van der Waals surface area contributed by atoms with Gasteiger partial charge in [0.25, 0.3) is 0 Å². The van der Waals surface area contributed by atoms with E-state index in [0.717, 1.165) is 12.3 Å². The van der Waals surface area contributed by atoms with Gasteiger partial charge in [0, 0.05) is 22.6 Å². The van der Waals surface area contributed by atoms with Crippen LogP contribution < -0.4 is 11.5 Å². The predicted octanol–water partition coefficient (Wildman–Crippen LogP) is 3.30. The first-order chi connectivity index (χ1) is 9.97. The summed E-state index contributed by atoms with van der Waals surface area (Å²) in [5.41, 5.74) is 11.4. The number of halogens is 4. The number of rotatable bonds is 1. The molecule has 4 N–H and O–H groups in total. The minimum atomic E-state index is -0.903. The summed E-state index contributed by atoms with van der Waals surface area (Å²) in [5, 5.41) is -0.136. The van der Waals surface area contributed by atoms with E-state index < -0.39 is 17.5 Å². The van der Waals surface area contributed by atoms with Crippen LogP contribution in [-0.4, -0.2) is 9.97 Å². The molecule has 2 aromatic heterocycles. The van der Waals surface area contributed by atoms with Crippen LogP contribution >= 0.6 is 12.4 Å². The van der Waals surface area contributed by atoms with E-state index in [4.69, 9.17) is 11.5 Å². The molecule has 3 rings (SSSR count). The van der Waals surface area contributed by atoms with Crippen molar-refractivity contribution in [3.63, 3.8) is 0 Å². The van der Waals surface area contributed by atoms with E-state index in [1.807, 2.05) is 0 Å². The van der Waals surface area contributed by atoms with Crippen LogP contribution in [0.4, 0.5) is 24.8 Å². The van der Waals surface area contributed by atoms with Crippen molar-refractivity contribution in [1.82, 2.24) is 9.97 Å². The zero-order valence-corrected chi connectivity index (χ0v) is 11.8. The number of fused-ring (bicyclic) bond motifs is 1. The first kappa shape index (κ1) is 15.8. The molecule has 0 aliphatic rings. The number of nitrogens with zero attached hydrogens (tertiary/aromatic N) is 2. The lowest BCUT2D eigenvalue weighted by atomic mass is 10.0. The highest BCUT2D eigenvalue weighted by Gasteiger charge is 2.18. The molecule has 0 saturated heterocycles. The van der Waals surface area contributed by atoms with Gasteiger partial charge in [-0.1, -0.05) is 0 Å². The van der Waals surface area contributed by atoms with E-state index in [9.17, 15) is 13.2 Å². The molecular formula is C14H10ClF3N4. The maximum atomic E-state index is 14.2. The van der Waals surface area contributed by atoms with Gasteiger partial charge >= 0.3 is 0 Å². The van der Waals surface area contributed by atoms with Gasteiger partial charge in [0.15, 0.2) is 0 Å². The Morgan fingerprint density at radius 1 is 0.955 bits per heavy atom. The molecule has 0 radical (unpaired) electrons. The van der Waals surface area contributed by atoms with Crippen LogP contribution in [-0.2, 0) is 0 Å². The molecule has 0 bridgehead atoms. The van der Waals surface area contributed by atoms with E-state index in [0.29, 0.717) is 6.07 Å². The molecule has 0 saturated carbocycles. The number of nitrogen functional groups attached to an aromatic ring is 2. The Labute approximate surface area is 129 Å². The number of pyridine rings is 2. The molecule has 2 heterocycles. The lowest BCUT2D eigenvalue weighted by molar-refractivity contribution is 0.590. The number of hydrogen-bond acceptors (Lipinski definition) is 4. The zero-order chi connectivity index (χ0) is 15.1. The molecule has 8 heteroatoms. The van der Waals surface area contributed by atoms with Crippen molar-refractivity contribution in [2.45, 2.75) is 0 Å². The maximum absolute atomic E-state index is 14.2. The van der Waals surface area contributed by atoms with Crippen LogP contribution in [0.1, 0.15) is 0 Å². The first-order valence-electron chi connectivity index (χ1n) is 5.93. The van der Waals surface area contributed by atoms with Crippen LogP contribution in [0.3, 0.4) is 0 Å². The van der Waals surface area contributed by atoms with Gasteiger partial charge in [0.05, 0.1) is 11.7 Å². The lowest BCUT2D eigenvalue weighted by Gasteiger charge is -2.11. The van der Waals surface area contributed by atoms with Crippen molar-refractivity contribution in [1.29, 1.82) is 0 Å². The van der Waals surface area contributed by atoms with E-state index in [1.165, 1.54) is 12.1 Å². The third kappa shape index (κ3) is 2.50. The second-order valence-electron chi connectivity index (χ2n) is 4.43. The summed E-state index contributed by atoms with van der Waals surface area (Å²) < 4.78 is 41.1. The highest BCUT2D eigenvalue weighted by molar-refractivity contribution is 5.96. The van der Waals surface area contributed by atoms with Gasteiger partial charge in [0.1, 0.15) is 29.1 Å². The predicted molar refractivity (Wildman–Crippen MR) is 80.9 cm³/mol. The highest BCUT2D eigenvalue weighted by Crippen LogP contribution is 2.34. The summed E-state index contributed by atoms with van der Waals surface area (Å²) in [5.74, 6) is -2.34. The Kier molecular flexibility index (Phi) is 4.09. The van der Waals surface area contributed by atoms with Crippen LogP contribution in [0.15, 0.2) is 30.5 Å². The molecule has 0 aliphatic carbocycles. The molecule has 0 fully saturated rings. The minimum Gasteiger partial charge on any atom is -0.384 e. The maximum Gasteiger partial charge on any atom is 0.142 e. The van der Waals surface area contributed by atoms with Crippen LogP contribution in [0, 0.1) is 17.5 Å². The van der Waals surface area contributed by atoms with Gasteiger partial charge in [-0.25, -0.2) is 18.2 Å². The normalized spacial score (nSPS) is 10.5. The number of nitrogens with two attached hydrogens (primary N) is 2. The average molecular weight is 327 g/mol. The minimum absolute atomic E-state index is 0. The summed E-state index contributed by atoms with van der Waals surface area (Å²) in [6, 6.07) is 4.50. The molecule has 0 atom stereocenters. The fraction of sp³-hybridized carbons (Fsp3) is 0. The molecule has 22 heavy (non-hydrogen) atoms. The van der Waals surface area contributed by atoms with Crippen molar-refractivity contribution in [3.8, 4) is 11.1 Å².